The van der Waals surface area contributed by atoms with Crippen molar-refractivity contribution >= 4 is 21.6 Å². The number of benzene rings is 1. The average Bonchev–Trinajstić information content (AvgIpc) is 3.30. The third-order valence-corrected chi connectivity index (χ3v) is 6.76. The van der Waals surface area contributed by atoms with Gasteiger partial charge in [-0.2, -0.15) is 5.26 Å². The number of aryl methyl sites for hydroxylation is 2. The van der Waals surface area contributed by atoms with E-state index in [2.05, 4.69) is 20.5 Å². The van der Waals surface area contributed by atoms with Crippen molar-refractivity contribution in [2.24, 2.45) is 4.36 Å². The third kappa shape index (κ3) is 4.54. The van der Waals surface area contributed by atoms with Crippen LogP contribution in [-0.2, 0) is 35.6 Å². The summed E-state index contributed by atoms with van der Waals surface area (Å²) in [6, 6.07) is 1.70. The molecule has 0 radical (unpaired) electrons. The van der Waals surface area contributed by atoms with Gasteiger partial charge in [-0.25, -0.2) is 13.7 Å². The Morgan fingerprint density at radius 1 is 1.29 bits per heavy atom. The minimum absolute atomic E-state index is 0.553. The van der Waals surface area contributed by atoms with E-state index in [1.165, 1.54) is 27.7 Å². The Kier molecular flexibility index (Phi) is 6.37. The molecule has 0 aromatic heterocycles. The molecule has 0 spiro atoms. The standard InChI is InChI=1S/C20H27N5O2S/c1-3-25(2)11-6-12-28(27,22-14-21)24-20(26)23-19-17-9-4-7-15(17)13-16-8-5-10-18(16)19/h6,12-13H,3-5,7-11H2,1-2H3,(H2,22,23,24,26,27)/b12-6+. The summed E-state index contributed by atoms with van der Waals surface area (Å²) in [6.07, 6.45) is 9.34. The van der Waals surface area contributed by atoms with Gasteiger partial charge in [0.05, 0.1) is 0 Å². The molecule has 1 aromatic carbocycles. The van der Waals surface area contributed by atoms with Crippen LogP contribution in [0.2, 0.25) is 0 Å². The average molecular weight is 402 g/mol. The fraction of sp³-hybridized carbons (Fsp3) is 0.500. The van der Waals surface area contributed by atoms with Crippen molar-refractivity contribution in [3.63, 3.8) is 0 Å². The van der Waals surface area contributed by atoms with E-state index in [0.717, 1.165) is 50.8 Å². The van der Waals surface area contributed by atoms with E-state index in [0.29, 0.717) is 6.54 Å². The number of anilines is 1. The first-order chi connectivity index (χ1) is 13.5. The van der Waals surface area contributed by atoms with Crippen molar-refractivity contribution < 1.29 is 9.00 Å². The number of fused-ring (bicyclic) bond motifs is 2. The highest BCUT2D eigenvalue weighted by Gasteiger charge is 2.25. The summed E-state index contributed by atoms with van der Waals surface area (Å²) in [5.41, 5.74) is 5.87. The number of nitrogens with one attached hydrogen (secondary N) is 2. The van der Waals surface area contributed by atoms with Gasteiger partial charge in [0.25, 0.3) is 0 Å². The topological polar surface area (TPSA) is 97.6 Å². The minimum Gasteiger partial charge on any atom is -0.307 e. The Morgan fingerprint density at radius 3 is 2.50 bits per heavy atom. The second kappa shape index (κ2) is 8.76. The summed E-state index contributed by atoms with van der Waals surface area (Å²) in [5.74, 6) is 0. The van der Waals surface area contributed by atoms with Crippen LogP contribution in [0.5, 0.6) is 0 Å². The lowest BCUT2D eigenvalue weighted by Gasteiger charge is -2.17. The van der Waals surface area contributed by atoms with E-state index in [4.69, 9.17) is 5.26 Å². The van der Waals surface area contributed by atoms with Crippen LogP contribution in [0.4, 0.5) is 10.5 Å². The number of nitriles is 1. The fourth-order valence-electron chi connectivity index (χ4n) is 3.87. The van der Waals surface area contributed by atoms with E-state index in [1.54, 1.807) is 12.3 Å². The van der Waals surface area contributed by atoms with Crippen LogP contribution in [0.1, 0.15) is 42.0 Å². The smallest absolute Gasteiger partial charge is 0.307 e. The van der Waals surface area contributed by atoms with Crippen LogP contribution < -0.4 is 10.0 Å². The number of nitrogens with zero attached hydrogens (tertiary/aromatic N) is 3. The van der Waals surface area contributed by atoms with Crippen molar-refractivity contribution in [1.82, 2.24) is 9.62 Å². The third-order valence-electron chi connectivity index (χ3n) is 5.36. The van der Waals surface area contributed by atoms with Crippen LogP contribution in [0, 0.1) is 11.5 Å². The van der Waals surface area contributed by atoms with Gasteiger partial charge in [-0.05, 0) is 74.4 Å². The van der Waals surface area contributed by atoms with Crippen molar-refractivity contribution in [2.45, 2.75) is 45.4 Å². The molecule has 0 heterocycles. The fourth-order valence-corrected chi connectivity index (χ4v) is 4.83. The molecule has 0 fully saturated rings. The predicted molar refractivity (Wildman–Crippen MR) is 111 cm³/mol. The first kappa shape index (κ1) is 20.4. The lowest BCUT2D eigenvalue weighted by atomic mass is 9.99. The Balaban J connectivity index is 1.79. The molecule has 1 atom stereocenters. The number of likely N-dealkylation sites (N-methyl/N-ethyl adjacent to an activating group) is 1. The number of urea groups is 1. The molecule has 2 aliphatic rings. The molecular weight excluding hydrogens is 374 g/mol. The van der Waals surface area contributed by atoms with Gasteiger partial charge >= 0.3 is 6.03 Å². The second-order valence-corrected chi connectivity index (χ2v) is 9.07. The van der Waals surface area contributed by atoms with Crippen molar-refractivity contribution in [3.8, 4) is 6.19 Å². The summed E-state index contributed by atoms with van der Waals surface area (Å²) in [7, 11) is -1.37. The van der Waals surface area contributed by atoms with Gasteiger partial charge in [-0.15, -0.1) is 0 Å². The molecule has 1 unspecified atom stereocenters. The lowest BCUT2D eigenvalue weighted by Crippen LogP contribution is -2.33. The summed E-state index contributed by atoms with van der Waals surface area (Å²) < 4.78 is 18.7. The number of hydrogen-bond donors (Lipinski definition) is 2. The molecule has 1 aromatic rings. The number of carbonyl (C=O) groups excluding carboxylic acids is 1. The van der Waals surface area contributed by atoms with Gasteiger partial charge in [0.15, 0.2) is 9.92 Å². The van der Waals surface area contributed by atoms with Gasteiger partial charge in [0, 0.05) is 17.6 Å². The largest absolute Gasteiger partial charge is 0.331 e. The lowest BCUT2D eigenvalue weighted by molar-refractivity contribution is 0.257. The molecule has 3 rings (SSSR count). The Bertz CT molecular complexity index is 922. The molecule has 0 aliphatic heterocycles. The molecule has 2 N–H and O–H groups in total. The maximum absolute atomic E-state index is 12.9. The molecule has 0 saturated heterocycles. The molecule has 7 nitrogen and oxygen atoms in total. The maximum atomic E-state index is 12.9. The SMILES string of the molecule is CCN(C)C/C=C/S(=O)(=NC#N)NC(=O)Nc1c2c(cc3c1CCC3)CCC2. The Morgan fingerprint density at radius 2 is 1.93 bits per heavy atom. The minimum atomic E-state index is -3.30. The van der Waals surface area contributed by atoms with Gasteiger partial charge in [-0.1, -0.05) is 23.4 Å². The molecule has 150 valence electrons. The van der Waals surface area contributed by atoms with E-state index in [9.17, 15) is 9.00 Å². The van der Waals surface area contributed by atoms with E-state index in [1.807, 2.05) is 18.9 Å². The summed E-state index contributed by atoms with van der Waals surface area (Å²) >= 11 is 0. The van der Waals surface area contributed by atoms with Gasteiger partial charge in [-0.3, -0.25) is 0 Å². The van der Waals surface area contributed by atoms with Gasteiger partial charge < -0.3 is 10.2 Å². The van der Waals surface area contributed by atoms with Crippen LogP contribution in [-0.4, -0.2) is 35.3 Å². The highest BCUT2D eigenvalue weighted by atomic mass is 32.2. The second-order valence-electron chi connectivity index (χ2n) is 7.28. The summed E-state index contributed by atoms with van der Waals surface area (Å²) in [6.45, 7) is 3.39. The first-order valence-corrected chi connectivity index (χ1v) is 11.3. The predicted octanol–water partition coefficient (Wildman–Crippen LogP) is 3.11. The highest BCUT2D eigenvalue weighted by Crippen LogP contribution is 2.38. The number of rotatable bonds is 6. The monoisotopic (exact) mass is 401 g/mol. The first-order valence-electron chi connectivity index (χ1n) is 9.71. The van der Waals surface area contributed by atoms with E-state index < -0.39 is 15.9 Å². The zero-order chi connectivity index (χ0) is 20.1. The van der Waals surface area contributed by atoms with Crippen molar-refractivity contribution in [3.05, 3.63) is 39.8 Å². The molecule has 2 aliphatic carbocycles. The van der Waals surface area contributed by atoms with E-state index >= 15 is 0 Å². The number of hydrogen-bond acceptors (Lipinski definition) is 5. The van der Waals surface area contributed by atoms with E-state index in [-0.39, 0.29) is 0 Å². The zero-order valence-corrected chi connectivity index (χ0v) is 17.3. The van der Waals surface area contributed by atoms with Gasteiger partial charge in [0.1, 0.15) is 0 Å². The summed E-state index contributed by atoms with van der Waals surface area (Å²) in [5, 5.41) is 13.1. The normalized spacial score (nSPS) is 17.1. The zero-order valence-electron chi connectivity index (χ0n) is 16.5. The molecule has 0 saturated carbocycles. The molecule has 28 heavy (non-hydrogen) atoms. The van der Waals surface area contributed by atoms with Crippen molar-refractivity contribution in [1.29, 1.82) is 5.26 Å². The van der Waals surface area contributed by atoms with Crippen molar-refractivity contribution in [2.75, 3.05) is 25.5 Å². The van der Waals surface area contributed by atoms with Crippen LogP contribution in [0.15, 0.2) is 21.9 Å². The quantitative estimate of drug-likeness (QED) is 0.716. The molecule has 0 bridgehead atoms. The Hall–Kier alpha value is -2.37. The number of amides is 2. The van der Waals surface area contributed by atoms with Crippen LogP contribution in [0.25, 0.3) is 0 Å². The van der Waals surface area contributed by atoms with Gasteiger partial charge in [0.2, 0.25) is 6.19 Å². The molecule has 2 amide bonds. The maximum Gasteiger partial charge on any atom is 0.331 e. The van der Waals surface area contributed by atoms with Crippen LogP contribution in [0.3, 0.4) is 0 Å². The highest BCUT2D eigenvalue weighted by molar-refractivity contribution is 7.95. The Labute approximate surface area is 167 Å². The molecular formula is C20H27N5O2S. The van der Waals surface area contributed by atoms with Crippen LogP contribution >= 0.6 is 0 Å². The number of carbonyl (C=O) groups is 1. The summed E-state index contributed by atoms with van der Waals surface area (Å²) in [4.78, 5) is 14.6. The molecule has 8 heteroatoms.